The molecule has 1 aliphatic rings. The Hall–Kier alpha value is -1.85. The summed E-state index contributed by atoms with van der Waals surface area (Å²) in [4.78, 5) is 21.1. The summed E-state index contributed by atoms with van der Waals surface area (Å²) >= 11 is 0. The van der Waals surface area contributed by atoms with Crippen molar-refractivity contribution in [2.24, 2.45) is 5.92 Å². The van der Waals surface area contributed by atoms with E-state index in [1.807, 2.05) is 17.9 Å². The molecular weight excluding hydrogens is 220 g/mol. The van der Waals surface area contributed by atoms with Gasteiger partial charge in [-0.15, -0.1) is 0 Å². The van der Waals surface area contributed by atoms with Crippen molar-refractivity contribution in [3.05, 3.63) is 12.4 Å². The van der Waals surface area contributed by atoms with Gasteiger partial charge < -0.3 is 15.3 Å². The highest BCUT2D eigenvalue weighted by atomic mass is 16.4. The molecule has 92 valence electrons. The van der Waals surface area contributed by atoms with Gasteiger partial charge in [-0.05, 0) is 13.3 Å². The number of hydrogen-bond acceptors (Lipinski definition) is 5. The molecule has 0 spiro atoms. The van der Waals surface area contributed by atoms with Gasteiger partial charge in [0, 0.05) is 25.7 Å². The first-order chi connectivity index (χ1) is 8.20. The van der Waals surface area contributed by atoms with Crippen LogP contribution < -0.4 is 10.2 Å². The summed E-state index contributed by atoms with van der Waals surface area (Å²) in [5, 5.41) is 12.1. The second-order valence-electron chi connectivity index (χ2n) is 4.06. The average molecular weight is 236 g/mol. The Morgan fingerprint density at radius 1 is 1.65 bits per heavy atom. The monoisotopic (exact) mass is 236 g/mol. The van der Waals surface area contributed by atoms with Crippen LogP contribution in [-0.2, 0) is 4.79 Å². The van der Waals surface area contributed by atoms with Gasteiger partial charge in [0.1, 0.15) is 18.0 Å². The quantitative estimate of drug-likeness (QED) is 0.805. The molecule has 0 amide bonds. The predicted molar refractivity (Wildman–Crippen MR) is 64.2 cm³/mol. The third-order valence-electron chi connectivity index (χ3n) is 2.87. The average Bonchev–Trinajstić information content (AvgIpc) is 2.79. The van der Waals surface area contributed by atoms with E-state index in [1.165, 1.54) is 6.33 Å². The minimum absolute atomic E-state index is 0.285. The van der Waals surface area contributed by atoms with Gasteiger partial charge in [-0.25, -0.2) is 9.97 Å². The van der Waals surface area contributed by atoms with E-state index in [1.54, 1.807) is 0 Å². The van der Waals surface area contributed by atoms with Crippen molar-refractivity contribution in [2.75, 3.05) is 29.9 Å². The fourth-order valence-corrected chi connectivity index (χ4v) is 1.97. The largest absolute Gasteiger partial charge is 0.481 e. The van der Waals surface area contributed by atoms with Crippen LogP contribution in [0.1, 0.15) is 13.3 Å². The van der Waals surface area contributed by atoms with E-state index in [2.05, 4.69) is 15.3 Å². The van der Waals surface area contributed by atoms with Gasteiger partial charge in [-0.3, -0.25) is 4.79 Å². The first kappa shape index (κ1) is 11.6. The lowest BCUT2D eigenvalue weighted by Gasteiger charge is -2.17. The standard InChI is InChI=1S/C11H16N4O2/c1-2-12-9-5-10(14-7-13-9)15-4-3-8(6-15)11(16)17/h5,7-8H,2-4,6H2,1H3,(H,16,17)(H,12,13,14). The fraction of sp³-hybridized carbons (Fsp3) is 0.545. The Balaban J connectivity index is 2.08. The number of anilines is 2. The van der Waals surface area contributed by atoms with Crippen molar-refractivity contribution in [1.29, 1.82) is 0 Å². The molecule has 1 unspecified atom stereocenters. The van der Waals surface area contributed by atoms with Crippen LogP contribution in [0.2, 0.25) is 0 Å². The summed E-state index contributed by atoms with van der Waals surface area (Å²) in [6, 6.07) is 1.85. The lowest BCUT2D eigenvalue weighted by atomic mass is 10.1. The number of nitrogens with one attached hydrogen (secondary N) is 1. The Kier molecular flexibility index (Phi) is 3.41. The zero-order chi connectivity index (χ0) is 12.3. The Morgan fingerprint density at radius 3 is 3.12 bits per heavy atom. The first-order valence-corrected chi connectivity index (χ1v) is 5.74. The van der Waals surface area contributed by atoms with Gasteiger partial charge in [-0.2, -0.15) is 0 Å². The lowest BCUT2D eigenvalue weighted by molar-refractivity contribution is -0.140. The highest BCUT2D eigenvalue weighted by Crippen LogP contribution is 2.23. The summed E-state index contributed by atoms with van der Waals surface area (Å²) in [5.74, 6) is 0.553. The van der Waals surface area contributed by atoms with E-state index >= 15 is 0 Å². The highest BCUT2D eigenvalue weighted by Gasteiger charge is 2.28. The lowest BCUT2D eigenvalue weighted by Crippen LogP contribution is -2.23. The smallest absolute Gasteiger partial charge is 0.308 e. The maximum absolute atomic E-state index is 10.9. The SMILES string of the molecule is CCNc1cc(N2CCC(C(=O)O)C2)ncn1. The molecule has 1 aromatic rings. The van der Waals surface area contributed by atoms with Crippen molar-refractivity contribution < 1.29 is 9.90 Å². The third kappa shape index (κ3) is 2.64. The van der Waals surface area contributed by atoms with Crippen molar-refractivity contribution in [3.8, 4) is 0 Å². The number of rotatable bonds is 4. The minimum Gasteiger partial charge on any atom is -0.481 e. The van der Waals surface area contributed by atoms with E-state index in [-0.39, 0.29) is 5.92 Å². The molecule has 17 heavy (non-hydrogen) atoms. The van der Waals surface area contributed by atoms with E-state index < -0.39 is 5.97 Å². The second kappa shape index (κ2) is 4.99. The van der Waals surface area contributed by atoms with Crippen LogP contribution in [0.4, 0.5) is 11.6 Å². The van der Waals surface area contributed by atoms with E-state index in [0.29, 0.717) is 13.0 Å². The highest BCUT2D eigenvalue weighted by molar-refractivity contribution is 5.72. The van der Waals surface area contributed by atoms with Crippen molar-refractivity contribution in [1.82, 2.24) is 9.97 Å². The maximum atomic E-state index is 10.9. The number of hydrogen-bond donors (Lipinski definition) is 2. The number of carboxylic acid groups (broad SMARTS) is 1. The second-order valence-corrected chi connectivity index (χ2v) is 4.06. The van der Waals surface area contributed by atoms with E-state index in [0.717, 1.165) is 24.7 Å². The van der Waals surface area contributed by atoms with Crippen molar-refractivity contribution >= 4 is 17.6 Å². The maximum Gasteiger partial charge on any atom is 0.308 e. The molecule has 2 N–H and O–H groups in total. The first-order valence-electron chi connectivity index (χ1n) is 5.74. The van der Waals surface area contributed by atoms with Crippen molar-refractivity contribution in [2.45, 2.75) is 13.3 Å². The number of carbonyl (C=O) groups is 1. The van der Waals surface area contributed by atoms with Crippen LogP contribution in [0, 0.1) is 5.92 Å². The summed E-state index contributed by atoms with van der Waals surface area (Å²) in [6.45, 7) is 4.06. The summed E-state index contributed by atoms with van der Waals surface area (Å²) in [5.41, 5.74) is 0. The van der Waals surface area contributed by atoms with Gasteiger partial charge in [0.05, 0.1) is 5.92 Å². The number of carboxylic acids is 1. The molecular formula is C11H16N4O2. The van der Waals surface area contributed by atoms with Gasteiger partial charge in [-0.1, -0.05) is 0 Å². The van der Waals surface area contributed by atoms with E-state index in [9.17, 15) is 4.79 Å². The molecule has 1 atom stereocenters. The molecule has 2 rings (SSSR count). The third-order valence-corrected chi connectivity index (χ3v) is 2.87. The van der Waals surface area contributed by atoms with Crippen LogP contribution in [0.3, 0.4) is 0 Å². The molecule has 0 aliphatic carbocycles. The molecule has 2 heterocycles. The molecule has 1 aliphatic heterocycles. The van der Waals surface area contributed by atoms with Crippen molar-refractivity contribution in [3.63, 3.8) is 0 Å². The van der Waals surface area contributed by atoms with Crippen LogP contribution in [0.25, 0.3) is 0 Å². The number of nitrogens with zero attached hydrogens (tertiary/aromatic N) is 3. The van der Waals surface area contributed by atoms with Crippen LogP contribution >= 0.6 is 0 Å². The minimum atomic E-state index is -0.728. The zero-order valence-electron chi connectivity index (χ0n) is 9.76. The zero-order valence-corrected chi connectivity index (χ0v) is 9.76. The van der Waals surface area contributed by atoms with Crippen LogP contribution in [0.5, 0.6) is 0 Å². The Labute approximate surface area is 99.7 Å². The summed E-state index contributed by atoms with van der Waals surface area (Å²) < 4.78 is 0. The molecule has 1 aromatic heterocycles. The van der Waals surface area contributed by atoms with Gasteiger partial charge in [0.25, 0.3) is 0 Å². The van der Waals surface area contributed by atoms with E-state index in [4.69, 9.17) is 5.11 Å². The Morgan fingerprint density at radius 2 is 2.47 bits per heavy atom. The molecule has 6 nitrogen and oxygen atoms in total. The Bertz CT molecular complexity index is 410. The molecule has 0 radical (unpaired) electrons. The molecule has 1 fully saturated rings. The van der Waals surface area contributed by atoms with Gasteiger partial charge in [0.2, 0.25) is 0 Å². The fourth-order valence-electron chi connectivity index (χ4n) is 1.97. The van der Waals surface area contributed by atoms with Gasteiger partial charge >= 0.3 is 5.97 Å². The predicted octanol–water partition coefficient (Wildman–Crippen LogP) is 0.819. The molecule has 0 aromatic carbocycles. The molecule has 0 bridgehead atoms. The van der Waals surface area contributed by atoms with Crippen LogP contribution in [0.15, 0.2) is 12.4 Å². The van der Waals surface area contributed by atoms with Crippen LogP contribution in [-0.4, -0.2) is 40.7 Å². The molecule has 0 saturated carbocycles. The normalized spacial score (nSPS) is 19.4. The topological polar surface area (TPSA) is 78.4 Å². The number of aliphatic carboxylic acids is 1. The number of aromatic nitrogens is 2. The molecule has 1 saturated heterocycles. The van der Waals surface area contributed by atoms with Gasteiger partial charge in [0.15, 0.2) is 0 Å². The summed E-state index contributed by atoms with van der Waals surface area (Å²) in [7, 11) is 0. The molecule has 6 heteroatoms. The summed E-state index contributed by atoms with van der Waals surface area (Å²) in [6.07, 6.45) is 2.18.